The molecule has 0 aliphatic rings. The van der Waals surface area contributed by atoms with Gasteiger partial charge in [-0.15, -0.1) is 0 Å². The third-order valence-corrected chi connectivity index (χ3v) is 6.28. The Hall–Kier alpha value is -2.82. The highest BCUT2D eigenvalue weighted by atomic mass is 32.2. The van der Waals surface area contributed by atoms with Gasteiger partial charge in [-0.2, -0.15) is 0 Å². The molecule has 0 spiro atoms. The summed E-state index contributed by atoms with van der Waals surface area (Å²) in [7, 11) is -0.262. The number of quaternary nitrogens is 1. The van der Waals surface area contributed by atoms with Gasteiger partial charge in [-0.3, -0.25) is 14.9 Å². The van der Waals surface area contributed by atoms with Gasteiger partial charge in [-0.1, -0.05) is 63.1 Å². The summed E-state index contributed by atoms with van der Waals surface area (Å²) in [6.07, 6.45) is 4.06. The van der Waals surface area contributed by atoms with Crippen LogP contribution in [0, 0.1) is 16.0 Å². The molecule has 2 aromatic rings. The van der Waals surface area contributed by atoms with Crippen molar-refractivity contribution in [1.29, 1.82) is 0 Å². The van der Waals surface area contributed by atoms with Crippen molar-refractivity contribution in [1.82, 2.24) is 0 Å². The quantitative estimate of drug-likeness (QED) is 0.136. The molecule has 0 N–H and O–H groups in total. The van der Waals surface area contributed by atoms with Crippen LogP contribution in [0.4, 0.5) is 5.69 Å². The van der Waals surface area contributed by atoms with Crippen LogP contribution in [0.2, 0.25) is 0 Å². The van der Waals surface area contributed by atoms with Crippen molar-refractivity contribution < 1.29 is 31.9 Å². The molecule has 0 heterocycles. The summed E-state index contributed by atoms with van der Waals surface area (Å²) in [6.45, 7) is 6.51. The van der Waals surface area contributed by atoms with Crippen molar-refractivity contribution in [2.75, 3.05) is 27.2 Å². The normalized spacial score (nSPS) is 12.3. The lowest BCUT2D eigenvalue weighted by Crippen LogP contribution is -2.42. The van der Waals surface area contributed by atoms with E-state index in [1.807, 2.05) is 6.07 Å². The fourth-order valence-corrected chi connectivity index (χ4v) is 3.87. The van der Waals surface area contributed by atoms with E-state index in [4.69, 9.17) is 4.74 Å². The van der Waals surface area contributed by atoms with Gasteiger partial charge in [0.05, 0.1) is 29.8 Å². The van der Waals surface area contributed by atoms with E-state index in [9.17, 15) is 27.9 Å². The predicted molar refractivity (Wildman–Crippen MR) is 132 cm³/mol. The predicted octanol–water partition coefficient (Wildman–Crippen LogP) is 4.52. The van der Waals surface area contributed by atoms with Gasteiger partial charge < -0.3 is 13.8 Å². The molecule has 0 saturated heterocycles. The van der Waals surface area contributed by atoms with Crippen LogP contribution in [0.15, 0.2) is 59.5 Å². The second-order valence-corrected chi connectivity index (χ2v) is 10.3. The van der Waals surface area contributed by atoms with Crippen molar-refractivity contribution in [3.8, 4) is 0 Å². The van der Waals surface area contributed by atoms with E-state index in [0.29, 0.717) is 6.61 Å². The molecule has 9 nitrogen and oxygen atoms in total. The molecular weight excluding hydrogens is 472 g/mol. The average Bonchev–Trinajstić information content (AvgIpc) is 2.79. The minimum absolute atomic E-state index is 0.0179. The Kier molecular flexibility index (Phi) is 12.6. The number of carbonyl (C=O) groups is 1. The molecule has 35 heavy (non-hydrogen) atoms. The number of ether oxygens (including phenoxy) is 1. The first-order valence-electron chi connectivity index (χ1n) is 11.6. The maximum absolute atomic E-state index is 12.1. The smallest absolute Gasteiger partial charge is 0.309 e. The van der Waals surface area contributed by atoms with Crippen LogP contribution in [0.3, 0.4) is 0 Å². The first-order valence-corrected chi connectivity index (χ1v) is 13.0. The number of rotatable bonds is 12. The van der Waals surface area contributed by atoms with Crippen LogP contribution in [0.1, 0.15) is 45.1 Å². The summed E-state index contributed by atoms with van der Waals surface area (Å²) >= 11 is 0. The number of nitrogens with zero attached hydrogens (tertiary/aromatic N) is 2. The number of benzene rings is 2. The molecule has 10 heteroatoms. The second kappa shape index (κ2) is 14.6. The van der Waals surface area contributed by atoms with E-state index >= 15 is 0 Å². The summed E-state index contributed by atoms with van der Waals surface area (Å²) < 4.78 is 37.6. The zero-order chi connectivity index (χ0) is 26.5. The lowest BCUT2D eigenvalue weighted by atomic mass is 10.00. The third kappa shape index (κ3) is 11.9. The Morgan fingerprint density at radius 1 is 1.09 bits per heavy atom. The lowest BCUT2D eigenvalue weighted by molar-refractivity contribution is -0.903. The molecule has 1 unspecified atom stereocenters. The van der Waals surface area contributed by atoms with Gasteiger partial charge in [0.15, 0.2) is 0 Å². The Bertz CT molecular complexity index is 1040. The maximum atomic E-state index is 12.1. The van der Waals surface area contributed by atoms with Crippen molar-refractivity contribution >= 4 is 21.8 Å². The Balaban J connectivity index is 0.000000400. The zero-order valence-electron chi connectivity index (χ0n) is 20.9. The summed E-state index contributed by atoms with van der Waals surface area (Å²) in [5.41, 5.74) is 0.894. The minimum atomic E-state index is -4.61. The van der Waals surface area contributed by atoms with E-state index in [0.717, 1.165) is 67.5 Å². The van der Waals surface area contributed by atoms with Gasteiger partial charge in [0.25, 0.3) is 5.69 Å². The number of nitro groups is 1. The molecule has 0 amide bonds. The first-order chi connectivity index (χ1) is 16.4. The van der Waals surface area contributed by atoms with E-state index < -0.39 is 25.6 Å². The summed E-state index contributed by atoms with van der Waals surface area (Å²) in [5.74, 6) is 0.0559. The van der Waals surface area contributed by atoms with Crippen LogP contribution in [0.5, 0.6) is 0 Å². The molecule has 0 bridgehead atoms. The van der Waals surface area contributed by atoms with Gasteiger partial charge in [-0.05, 0) is 18.9 Å². The topological polar surface area (TPSA) is 127 Å². The number of hydrogen-bond donors (Lipinski definition) is 0. The fraction of sp³-hybridized carbons (Fsp3) is 0.480. The number of carbonyl (C=O) groups excluding carboxylic acids is 1. The standard InChI is InChI=1S/C19H32NO2.C6H5NO5S/c1-5-7-13-18(6-2)19(21)22-15-14-20(3,4)16-17-11-9-8-10-12-17;8-7(9)5-2-1-3-6(4-5)13(10,11)12/h8-12,18H,5-7,13-16H2,1-4H3;1-4H,(H,10,11,12)/q+1;/p-1. The lowest BCUT2D eigenvalue weighted by Gasteiger charge is -2.29. The molecule has 0 aliphatic carbocycles. The largest absolute Gasteiger partial charge is 0.744 e. The van der Waals surface area contributed by atoms with Gasteiger partial charge >= 0.3 is 5.97 Å². The van der Waals surface area contributed by atoms with E-state index in [1.54, 1.807) is 0 Å². The van der Waals surface area contributed by atoms with Crippen LogP contribution >= 0.6 is 0 Å². The van der Waals surface area contributed by atoms with Gasteiger partial charge in [-0.25, -0.2) is 8.42 Å². The molecule has 1 atom stereocenters. The van der Waals surface area contributed by atoms with E-state index in [-0.39, 0.29) is 11.9 Å². The first kappa shape index (κ1) is 30.2. The van der Waals surface area contributed by atoms with Crippen LogP contribution < -0.4 is 0 Å². The third-order valence-electron chi connectivity index (χ3n) is 5.44. The van der Waals surface area contributed by atoms with Gasteiger partial charge in [0.2, 0.25) is 0 Å². The number of likely N-dealkylation sites (N-methyl/N-ethyl adjacent to an activating group) is 1. The Labute approximate surface area is 208 Å². The molecule has 0 fully saturated rings. The van der Waals surface area contributed by atoms with Crippen molar-refractivity contribution in [2.45, 2.75) is 51.0 Å². The van der Waals surface area contributed by atoms with E-state index in [1.165, 1.54) is 5.56 Å². The molecule has 2 aromatic carbocycles. The van der Waals surface area contributed by atoms with Gasteiger partial charge in [0.1, 0.15) is 29.8 Å². The van der Waals surface area contributed by atoms with E-state index in [2.05, 4.69) is 52.2 Å². The summed E-state index contributed by atoms with van der Waals surface area (Å²) in [4.78, 5) is 20.9. The number of hydrogen-bond acceptors (Lipinski definition) is 7. The van der Waals surface area contributed by atoms with Crippen LogP contribution in [0.25, 0.3) is 0 Å². The number of nitro benzene ring substituents is 1. The number of esters is 1. The SMILES string of the molecule is CCCCC(CC)C(=O)OCC[N+](C)(C)Cc1ccccc1.O=[N+]([O-])c1cccc(S(=O)(=O)[O-])c1. The number of unbranched alkanes of at least 4 members (excludes halogenated alkanes) is 1. The molecule has 0 saturated carbocycles. The van der Waals surface area contributed by atoms with Crippen molar-refractivity contribution in [2.24, 2.45) is 5.92 Å². The zero-order valence-corrected chi connectivity index (χ0v) is 21.7. The number of non-ortho nitro benzene ring substituents is 1. The Morgan fingerprint density at radius 3 is 2.29 bits per heavy atom. The monoisotopic (exact) mass is 508 g/mol. The Morgan fingerprint density at radius 2 is 1.74 bits per heavy atom. The second-order valence-electron chi connectivity index (χ2n) is 8.93. The van der Waals surface area contributed by atoms with Crippen molar-refractivity contribution in [3.63, 3.8) is 0 Å². The highest BCUT2D eigenvalue weighted by Crippen LogP contribution is 2.17. The highest BCUT2D eigenvalue weighted by molar-refractivity contribution is 7.85. The summed E-state index contributed by atoms with van der Waals surface area (Å²) in [5, 5.41) is 10.2. The molecule has 0 aromatic heterocycles. The maximum Gasteiger partial charge on any atom is 0.309 e. The average molecular weight is 509 g/mol. The van der Waals surface area contributed by atoms with Crippen LogP contribution in [-0.4, -0.2) is 55.6 Å². The molecular formula is C25H36N2O7S. The highest BCUT2D eigenvalue weighted by Gasteiger charge is 2.20. The minimum Gasteiger partial charge on any atom is -0.744 e. The molecule has 0 aliphatic heterocycles. The molecule has 194 valence electrons. The molecule has 0 radical (unpaired) electrons. The van der Waals surface area contributed by atoms with Crippen molar-refractivity contribution in [3.05, 3.63) is 70.3 Å². The fourth-order valence-electron chi connectivity index (χ4n) is 3.36. The molecule has 2 rings (SSSR count). The summed E-state index contributed by atoms with van der Waals surface area (Å²) in [6, 6.07) is 14.4. The van der Waals surface area contributed by atoms with Crippen LogP contribution in [-0.2, 0) is 26.2 Å². The van der Waals surface area contributed by atoms with Gasteiger partial charge in [0, 0.05) is 17.7 Å².